The lowest BCUT2D eigenvalue weighted by atomic mass is 10.4. The molecule has 0 N–H and O–H groups in total. The Morgan fingerprint density at radius 1 is 1.46 bits per heavy atom. The van der Waals surface area contributed by atoms with Crippen molar-refractivity contribution in [1.29, 1.82) is 0 Å². The maximum Gasteiger partial charge on any atom is 0.364 e. The number of carbonyl (C=O) groups excluding carboxylic acids is 1. The van der Waals surface area contributed by atoms with Crippen LogP contribution in [0, 0.1) is 0 Å². The molecule has 1 saturated heterocycles. The minimum atomic E-state index is -0.481. The Morgan fingerprint density at radius 2 is 2.00 bits per heavy atom. The fraction of sp³-hybridized carbons (Fsp3) is 0.625. The molecule has 0 atom stereocenters. The van der Waals surface area contributed by atoms with Crippen molar-refractivity contribution in [3.63, 3.8) is 0 Å². The first-order valence-electron chi connectivity index (χ1n) is 3.90. The van der Waals surface area contributed by atoms with Gasteiger partial charge in [-0.05, 0) is 0 Å². The predicted octanol–water partition coefficient (Wildman–Crippen LogP) is 2.46. The van der Waals surface area contributed by atoms with E-state index in [2.05, 4.69) is 19.2 Å². The Balaban J connectivity index is 2.32. The van der Waals surface area contributed by atoms with Crippen LogP contribution >= 0.6 is 36.2 Å². The van der Waals surface area contributed by atoms with Gasteiger partial charge in [-0.2, -0.15) is 23.5 Å². The second-order valence-electron chi connectivity index (χ2n) is 2.79. The molecule has 1 heterocycles. The average Bonchev–Trinajstić information content (AvgIpc) is 1.99. The lowest BCUT2D eigenvalue weighted by molar-refractivity contribution is 0.147. The van der Waals surface area contributed by atoms with E-state index < -0.39 is 5.30 Å². The normalized spacial score (nSPS) is 20.5. The number of hydrogen-bond acceptors (Lipinski definition) is 4. The summed E-state index contributed by atoms with van der Waals surface area (Å²) in [5.74, 6) is 3.62. The molecule has 2 nitrogen and oxygen atoms in total. The fourth-order valence-corrected chi connectivity index (χ4v) is 3.31. The van der Waals surface area contributed by atoms with Crippen LogP contribution in [0.15, 0.2) is 12.2 Å². The molecular weight excluding hydrogens is 224 g/mol. The van der Waals surface area contributed by atoms with Gasteiger partial charge in [0, 0.05) is 23.0 Å². The van der Waals surface area contributed by atoms with E-state index in [1.807, 2.05) is 0 Å². The van der Waals surface area contributed by atoms with Crippen molar-refractivity contribution in [2.75, 3.05) is 23.0 Å². The second kappa shape index (κ2) is 5.88. The van der Waals surface area contributed by atoms with Gasteiger partial charge in [0.15, 0.2) is 0 Å². The van der Waals surface area contributed by atoms with Gasteiger partial charge in [0.2, 0.25) is 0 Å². The van der Waals surface area contributed by atoms with Crippen molar-refractivity contribution >= 4 is 41.5 Å². The van der Waals surface area contributed by atoms with Gasteiger partial charge in [-0.1, -0.05) is 24.8 Å². The summed E-state index contributed by atoms with van der Waals surface area (Å²) in [6.45, 7) is 3.94. The van der Waals surface area contributed by atoms with Crippen LogP contribution in [0.5, 0.6) is 0 Å². The maximum atomic E-state index is 10.6. The molecule has 0 aliphatic carbocycles. The van der Waals surface area contributed by atoms with Gasteiger partial charge in [0.25, 0.3) is 0 Å². The number of carbonyl (C=O) groups is 1. The predicted molar refractivity (Wildman–Crippen MR) is 63.0 cm³/mol. The molecule has 0 amide bonds. The quantitative estimate of drug-likeness (QED) is 0.430. The summed E-state index contributed by atoms with van der Waals surface area (Å²) in [5.41, 5.74) is 1.26. The third kappa shape index (κ3) is 4.88. The molecule has 0 bridgehead atoms. The summed E-state index contributed by atoms with van der Waals surface area (Å²) in [5, 5.41) is -0.481. The lowest BCUT2D eigenvalue weighted by Crippen LogP contribution is -2.22. The number of rotatable bonds is 1. The molecule has 0 aromatic carbocycles. The van der Waals surface area contributed by atoms with Crippen molar-refractivity contribution in [2.45, 2.75) is 6.10 Å². The molecule has 0 unspecified atom stereocenters. The number of thioether (sulfide) groups is 2. The fourth-order valence-electron chi connectivity index (χ4n) is 0.970. The highest BCUT2D eigenvalue weighted by atomic mass is 32.2. The van der Waals surface area contributed by atoms with Gasteiger partial charge in [0.1, 0.15) is 6.10 Å². The molecule has 1 fully saturated rings. The zero-order valence-corrected chi connectivity index (χ0v) is 9.72. The van der Waals surface area contributed by atoms with E-state index in [9.17, 15) is 4.79 Å². The third-order valence-electron chi connectivity index (χ3n) is 1.49. The number of thiol groups is 1. The maximum absolute atomic E-state index is 10.6. The third-order valence-corrected chi connectivity index (χ3v) is 4.03. The van der Waals surface area contributed by atoms with Crippen LogP contribution in [0.1, 0.15) is 0 Å². The van der Waals surface area contributed by atoms with Crippen LogP contribution in [0.25, 0.3) is 0 Å². The summed E-state index contributed by atoms with van der Waals surface area (Å²) < 4.78 is 5.02. The van der Waals surface area contributed by atoms with Gasteiger partial charge in [-0.3, -0.25) is 0 Å². The first kappa shape index (κ1) is 11.3. The topological polar surface area (TPSA) is 26.3 Å². The summed E-state index contributed by atoms with van der Waals surface area (Å²) in [4.78, 5) is 10.6. The van der Waals surface area contributed by atoms with Crippen LogP contribution in [0.2, 0.25) is 0 Å². The SMILES string of the molecule is C=C1CSCC(OC(=O)S)CSC1. The van der Waals surface area contributed by atoms with Crippen LogP contribution in [0.4, 0.5) is 4.79 Å². The minimum absolute atomic E-state index is 0.00750. The standard InChI is InChI=1S/C8H12O2S3/c1-6-2-12-4-7(5-13-3-6)10-8(9)11/h7H,1-5H2,(H,9,11). The summed E-state index contributed by atoms with van der Waals surface area (Å²) >= 11 is 7.12. The molecule has 0 aromatic heterocycles. The highest BCUT2D eigenvalue weighted by Gasteiger charge is 2.15. The molecule has 1 rings (SSSR count). The van der Waals surface area contributed by atoms with Crippen LogP contribution in [-0.4, -0.2) is 34.4 Å². The molecule has 74 valence electrons. The van der Waals surface area contributed by atoms with Crippen molar-refractivity contribution in [2.24, 2.45) is 0 Å². The Morgan fingerprint density at radius 3 is 2.46 bits per heavy atom. The smallest absolute Gasteiger partial charge is 0.364 e. The van der Waals surface area contributed by atoms with Crippen molar-refractivity contribution in [3.05, 3.63) is 12.2 Å². The zero-order valence-electron chi connectivity index (χ0n) is 7.19. The summed E-state index contributed by atoms with van der Waals surface area (Å²) in [6.07, 6.45) is 0.00750. The largest absolute Gasteiger partial charge is 0.453 e. The van der Waals surface area contributed by atoms with Crippen LogP contribution < -0.4 is 0 Å². The highest BCUT2D eigenvalue weighted by Crippen LogP contribution is 2.21. The van der Waals surface area contributed by atoms with Gasteiger partial charge in [-0.15, -0.1) is 0 Å². The molecule has 5 heteroatoms. The van der Waals surface area contributed by atoms with Gasteiger partial charge in [0.05, 0.1) is 0 Å². The molecule has 0 saturated carbocycles. The zero-order chi connectivity index (χ0) is 9.68. The van der Waals surface area contributed by atoms with E-state index in [0.29, 0.717) is 0 Å². The Kier molecular flexibility index (Phi) is 5.13. The molecule has 13 heavy (non-hydrogen) atoms. The van der Waals surface area contributed by atoms with Crippen molar-refractivity contribution < 1.29 is 9.53 Å². The number of hydrogen-bond donors (Lipinski definition) is 1. The minimum Gasteiger partial charge on any atom is -0.453 e. The Hall–Kier alpha value is 0.260. The number of ether oxygens (including phenoxy) is 1. The van der Waals surface area contributed by atoms with Crippen molar-refractivity contribution in [1.82, 2.24) is 0 Å². The highest BCUT2D eigenvalue weighted by molar-refractivity contribution is 8.01. The monoisotopic (exact) mass is 236 g/mol. The first-order valence-corrected chi connectivity index (χ1v) is 6.66. The average molecular weight is 236 g/mol. The van der Waals surface area contributed by atoms with Crippen molar-refractivity contribution in [3.8, 4) is 0 Å². The Bertz CT molecular complexity index is 194. The molecule has 1 aliphatic heterocycles. The second-order valence-corrected chi connectivity index (χ2v) is 5.21. The van der Waals surface area contributed by atoms with E-state index >= 15 is 0 Å². The summed E-state index contributed by atoms with van der Waals surface area (Å²) in [7, 11) is 0. The van der Waals surface area contributed by atoms with E-state index in [4.69, 9.17) is 4.74 Å². The van der Waals surface area contributed by atoms with Crippen LogP contribution in [0.3, 0.4) is 0 Å². The van der Waals surface area contributed by atoms with Gasteiger partial charge in [-0.25, -0.2) is 4.79 Å². The van der Waals surface area contributed by atoms with Crippen LogP contribution in [-0.2, 0) is 4.74 Å². The molecule has 0 radical (unpaired) electrons. The van der Waals surface area contributed by atoms with Gasteiger partial charge < -0.3 is 4.74 Å². The van der Waals surface area contributed by atoms with E-state index in [-0.39, 0.29) is 6.10 Å². The molecule has 0 spiro atoms. The van der Waals surface area contributed by atoms with E-state index in [1.54, 1.807) is 23.5 Å². The molecule has 1 aliphatic rings. The van der Waals surface area contributed by atoms with E-state index in [0.717, 1.165) is 23.0 Å². The molecule has 0 aromatic rings. The lowest BCUT2D eigenvalue weighted by Gasteiger charge is -2.19. The first-order chi connectivity index (χ1) is 6.18. The van der Waals surface area contributed by atoms with Gasteiger partial charge >= 0.3 is 5.30 Å². The van der Waals surface area contributed by atoms with E-state index in [1.165, 1.54) is 5.57 Å². The summed E-state index contributed by atoms with van der Waals surface area (Å²) in [6, 6.07) is 0. The Labute approximate surface area is 92.3 Å². The molecular formula is C8H12O2S3.